The molecule has 20 heavy (non-hydrogen) atoms. The van der Waals surface area contributed by atoms with Crippen molar-refractivity contribution in [3.63, 3.8) is 0 Å². The highest BCUT2D eigenvalue weighted by molar-refractivity contribution is 6.25. The minimum atomic E-state index is -0.339. The molecule has 2 fully saturated rings. The van der Waals surface area contributed by atoms with Gasteiger partial charge in [0.15, 0.2) is 0 Å². The van der Waals surface area contributed by atoms with Gasteiger partial charge in [0.05, 0.1) is 0 Å². The maximum Gasteiger partial charge on any atom is 0.245 e. The van der Waals surface area contributed by atoms with Crippen LogP contribution in [-0.4, -0.2) is 35.8 Å². The van der Waals surface area contributed by atoms with Crippen molar-refractivity contribution in [2.24, 2.45) is 5.92 Å². The Morgan fingerprint density at radius 2 is 2.05 bits per heavy atom. The highest BCUT2D eigenvalue weighted by Gasteiger charge is 2.35. The average molecular weight is 299 g/mol. The predicted octanol–water partition coefficient (Wildman–Crippen LogP) is 2.43. The van der Waals surface area contributed by atoms with Gasteiger partial charge in [0.1, 0.15) is 6.04 Å². The van der Waals surface area contributed by atoms with Crippen LogP contribution in [0.2, 0.25) is 0 Å². The van der Waals surface area contributed by atoms with Crippen LogP contribution in [-0.2, 0) is 9.59 Å². The third-order valence-electron chi connectivity index (χ3n) is 4.25. The normalized spacial score (nSPS) is 26.4. The molecule has 0 bridgehead atoms. The molecule has 4 nitrogen and oxygen atoms in total. The van der Waals surface area contributed by atoms with Gasteiger partial charge in [-0.15, -0.1) is 0 Å². The SMILES string of the molecule is CC(=CCl)CN1CCC(=O)NC(C2CCCCC2)C1=O. The number of carbonyl (C=O) groups excluding carboxylic acids is 2. The van der Waals surface area contributed by atoms with E-state index >= 15 is 0 Å². The molecule has 1 atom stereocenters. The Kier molecular flexibility index (Phi) is 5.46. The fourth-order valence-electron chi connectivity index (χ4n) is 3.13. The van der Waals surface area contributed by atoms with Crippen LogP contribution in [0.1, 0.15) is 45.4 Å². The van der Waals surface area contributed by atoms with Crippen LogP contribution in [0.3, 0.4) is 0 Å². The number of nitrogens with one attached hydrogen (secondary N) is 1. The molecule has 1 aliphatic carbocycles. The third-order valence-corrected chi connectivity index (χ3v) is 4.62. The molecular weight excluding hydrogens is 276 g/mol. The highest BCUT2D eigenvalue weighted by atomic mass is 35.5. The van der Waals surface area contributed by atoms with Gasteiger partial charge in [-0.05, 0) is 31.3 Å². The molecule has 0 aromatic carbocycles. The van der Waals surface area contributed by atoms with Gasteiger partial charge in [0, 0.05) is 25.0 Å². The molecule has 1 heterocycles. The van der Waals surface area contributed by atoms with Crippen molar-refractivity contribution in [1.82, 2.24) is 10.2 Å². The van der Waals surface area contributed by atoms with Crippen molar-refractivity contribution in [2.75, 3.05) is 13.1 Å². The number of amides is 2. The number of nitrogens with zero attached hydrogens (tertiary/aromatic N) is 1. The van der Waals surface area contributed by atoms with Gasteiger partial charge in [-0.3, -0.25) is 9.59 Å². The summed E-state index contributed by atoms with van der Waals surface area (Å²) in [5.74, 6) is 0.339. The van der Waals surface area contributed by atoms with E-state index in [1.807, 2.05) is 6.92 Å². The Balaban J connectivity index is 2.11. The quantitative estimate of drug-likeness (QED) is 0.870. The molecule has 2 amide bonds. The van der Waals surface area contributed by atoms with E-state index in [-0.39, 0.29) is 17.9 Å². The minimum absolute atomic E-state index is 0.0103. The summed E-state index contributed by atoms with van der Waals surface area (Å²) in [7, 11) is 0. The second-order valence-corrected chi connectivity index (χ2v) is 6.13. The summed E-state index contributed by atoms with van der Waals surface area (Å²) in [5.41, 5.74) is 2.44. The van der Waals surface area contributed by atoms with Gasteiger partial charge >= 0.3 is 0 Å². The fourth-order valence-corrected chi connectivity index (χ4v) is 3.20. The number of rotatable bonds is 3. The Morgan fingerprint density at radius 1 is 1.35 bits per heavy atom. The average Bonchev–Trinajstić information content (AvgIpc) is 2.61. The second-order valence-electron chi connectivity index (χ2n) is 5.91. The molecular formula is C15H23ClN2O2. The maximum atomic E-state index is 12.7. The zero-order chi connectivity index (χ0) is 14.5. The smallest absolute Gasteiger partial charge is 0.245 e. The first kappa shape index (κ1) is 15.4. The molecule has 1 aliphatic heterocycles. The summed E-state index contributed by atoms with van der Waals surface area (Å²) < 4.78 is 0. The summed E-state index contributed by atoms with van der Waals surface area (Å²) in [4.78, 5) is 26.3. The van der Waals surface area contributed by atoms with Crippen LogP contribution in [0.5, 0.6) is 0 Å². The molecule has 0 aromatic heterocycles. The number of hydrogen-bond acceptors (Lipinski definition) is 2. The predicted molar refractivity (Wildman–Crippen MR) is 79.3 cm³/mol. The second kappa shape index (κ2) is 7.11. The molecule has 0 aromatic rings. The van der Waals surface area contributed by atoms with E-state index < -0.39 is 0 Å². The van der Waals surface area contributed by atoms with Gasteiger partial charge in [-0.1, -0.05) is 30.9 Å². The van der Waals surface area contributed by atoms with Crippen molar-refractivity contribution >= 4 is 23.4 Å². The van der Waals surface area contributed by atoms with Crippen molar-refractivity contribution in [3.8, 4) is 0 Å². The van der Waals surface area contributed by atoms with E-state index in [4.69, 9.17) is 11.6 Å². The topological polar surface area (TPSA) is 49.4 Å². The van der Waals surface area contributed by atoms with Crippen LogP contribution in [0.15, 0.2) is 11.1 Å². The van der Waals surface area contributed by atoms with Gasteiger partial charge < -0.3 is 10.2 Å². The molecule has 1 unspecified atom stereocenters. The van der Waals surface area contributed by atoms with E-state index in [1.165, 1.54) is 12.0 Å². The first-order valence-corrected chi connectivity index (χ1v) is 7.89. The van der Waals surface area contributed by atoms with Gasteiger partial charge in [-0.25, -0.2) is 0 Å². The lowest BCUT2D eigenvalue weighted by atomic mass is 9.83. The van der Waals surface area contributed by atoms with Crippen LogP contribution in [0, 0.1) is 5.92 Å². The van der Waals surface area contributed by atoms with Crippen LogP contribution < -0.4 is 5.32 Å². The Morgan fingerprint density at radius 3 is 2.70 bits per heavy atom. The molecule has 2 aliphatic rings. The van der Waals surface area contributed by atoms with Crippen molar-refractivity contribution in [3.05, 3.63) is 11.1 Å². The van der Waals surface area contributed by atoms with E-state index in [1.54, 1.807) is 4.90 Å². The summed E-state index contributed by atoms with van der Waals surface area (Å²) in [5, 5.41) is 2.94. The van der Waals surface area contributed by atoms with E-state index in [2.05, 4.69) is 5.32 Å². The first-order valence-electron chi connectivity index (χ1n) is 7.46. The molecule has 0 radical (unpaired) electrons. The van der Waals surface area contributed by atoms with Crippen molar-refractivity contribution in [2.45, 2.75) is 51.5 Å². The largest absolute Gasteiger partial charge is 0.344 e. The molecule has 0 spiro atoms. The summed E-state index contributed by atoms with van der Waals surface area (Å²) in [6.07, 6.45) is 6.01. The monoisotopic (exact) mass is 298 g/mol. The first-order chi connectivity index (χ1) is 9.61. The highest BCUT2D eigenvalue weighted by Crippen LogP contribution is 2.28. The van der Waals surface area contributed by atoms with Crippen LogP contribution in [0.4, 0.5) is 0 Å². The molecule has 5 heteroatoms. The van der Waals surface area contributed by atoms with Gasteiger partial charge in [-0.2, -0.15) is 0 Å². The molecule has 2 rings (SSSR count). The summed E-state index contributed by atoms with van der Waals surface area (Å²) in [6, 6.07) is -0.339. The lowest BCUT2D eigenvalue weighted by molar-refractivity contribution is -0.135. The van der Waals surface area contributed by atoms with E-state index in [0.29, 0.717) is 25.4 Å². The van der Waals surface area contributed by atoms with Gasteiger partial charge in [0.2, 0.25) is 11.8 Å². The summed E-state index contributed by atoms with van der Waals surface area (Å²) in [6.45, 7) is 2.90. The Hall–Kier alpha value is -1.03. The van der Waals surface area contributed by atoms with Crippen LogP contribution >= 0.6 is 11.6 Å². The van der Waals surface area contributed by atoms with Crippen LogP contribution in [0.25, 0.3) is 0 Å². The maximum absolute atomic E-state index is 12.7. The third kappa shape index (κ3) is 3.75. The Bertz CT molecular complexity index is 403. The minimum Gasteiger partial charge on any atom is -0.344 e. The number of hydrogen-bond donors (Lipinski definition) is 1. The standard InChI is InChI=1S/C15H23ClN2O2/c1-11(9-16)10-18-8-7-13(19)17-14(15(18)20)12-5-3-2-4-6-12/h9,12,14H,2-8,10H2,1H3,(H,17,19). The number of carbonyl (C=O) groups is 2. The molecule has 1 saturated heterocycles. The molecule has 1 saturated carbocycles. The van der Waals surface area contributed by atoms with Gasteiger partial charge in [0.25, 0.3) is 0 Å². The molecule has 112 valence electrons. The Labute approximate surface area is 125 Å². The fraction of sp³-hybridized carbons (Fsp3) is 0.733. The zero-order valence-corrected chi connectivity index (χ0v) is 12.8. The molecule has 1 N–H and O–H groups in total. The number of halogens is 1. The summed E-state index contributed by atoms with van der Waals surface area (Å²) >= 11 is 5.69. The van der Waals surface area contributed by atoms with E-state index in [0.717, 1.165) is 31.3 Å². The van der Waals surface area contributed by atoms with Crippen molar-refractivity contribution in [1.29, 1.82) is 0 Å². The zero-order valence-electron chi connectivity index (χ0n) is 12.0. The van der Waals surface area contributed by atoms with Crippen molar-refractivity contribution < 1.29 is 9.59 Å². The van der Waals surface area contributed by atoms with E-state index in [9.17, 15) is 9.59 Å². The lowest BCUT2D eigenvalue weighted by Gasteiger charge is -2.31. The lowest BCUT2D eigenvalue weighted by Crippen LogP contribution is -2.49.